The standard InChI is InChI=1S/C14H12N4O3S/c1-7-11(8(2)19)22-14(16-15-7)17-18-12(20)9-5-3-4-6-10(9)13(18)21/h3-6,20-21H,1-2H3/b17-14-. The molecule has 0 bridgehead atoms. The van der Waals surface area contributed by atoms with Crippen LogP contribution in [0.15, 0.2) is 29.4 Å². The van der Waals surface area contributed by atoms with Gasteiger partial charge < -0.3 is 10.2 Å². The molecule has 0 unspecified atom stereocenters. The van der Waals surface area contributed by atoms with Crippen LogP contribution in [-0.4, -0.2) is 30.9 Å². The van der Waals surface area contributed by atoms with Crippen molar-refractivity contribution in [1.82, 2.24) is 14.9 Å². The maximum atomic E-state index is 11.5. The zero-order chi connectivity index (χ0) is 15.9. The second-order valence-corrected chi connectivity index (χ2v) is 5.64. The Kier molecular flexibility index (Phi) is 3.38. The number of hydrogen-bond acceptors (Lipinski definition) is 7. The average molecular weight is 316 g/mol. The SMILES string of the molecule is CC(=O)c1s/c(=N\n2c(O)c3ccccc3c2O)nnc1C. The number of fused-ring (bicyclic) bond motifs is 1. The summed E-state index contributed by atoms with van der Waals surface area (Å²) in [6.07, 6.45) is 0. The van der Waals surface area contributed by atoms with E-state index in [9.17, 15) is 15.0 Å². The third kappa shape index (κ3) is 2.23. The lowest BCUT2D eigenvalue weighted by Gasteiger charge is -1.99. The third-order valence-electron chi connectivity index (χ3n) is 3.12. The molecule has 0 spiro atoms. The largest absolute Gasteiger partial charge is 0.493 e. The molecule has 0 radical (unpaired) electrons. The molecule has 1 aromatic carbocycles. The first-order valence-electron chi connectivity index (χ1n) is 6.40. The molecule has 0 saturated carbocycles. The molecule has 0 saturated heterocycles. The first-order chi connectivity index (χ1) is 10.5. The van der Waals surface area contributed by atoms with Gasteiger partial charge in [0.15, 0.2) is 5.78 Å². The van der Waals surface area contributed by atoms with Crippen LogP contribution in [0.3, 0.4) is 0 Å². The van der Waals surface area contributed by atoms with Gasteiger partial charge in [-0.25, -0.2) is 0 Å². The molecule has 0 fully saturated rings. The Morgan fingerprint density at radius 1 is 1.18 bits per heavy atom. The van der Waals surface area contributed by atoms with E-state index in [1.807, 2.05) is 0 Å². The van der Waals surface area contributed by atoms with Gasteiger partial charge in [-0.3, -0.25) is 4.79 Å². The summed E-state index contributed by atoms with van der Waals surface area (Å²) >= 11 is 1.05. The van der Waals surface area contributed by atoms with Gasteiger partial charge in [0.05, 0.1) is 10.6 Å². The smallest absolute Gasteiger partial charge is 0.249 e. The maximum Gasteiger partial charge on any atom is 0.249 e. The first kappa shape index (κ1) is 14.2. The van der Waals surface area contributed by atoms with Gasteiger partial charge >= 0.3 is 0 Å². The molecule has 2 aromatic heterocycles. The van der Waals surface area contributed by atoms with Gasteiger partial charge in [-0.1, -0.05) is 23.5 Å². The molecule has 0 atom stereocenters. The number of aromatic nitrogens is 3. The minimum Gasteiger partial charge on any atom is -0.493 e. The Morgan fingerprint density at radius 3 is 2.32 bits per heavy atom. The summed E-state index contributed by atoms with van der Waals surface area (Å²) in [5, 5.41) is 33.1. The van der Waals surface area contributed by atoms with Crippen LogP contribution in [0.2, 0.25) is 0 Å². The zero-order valence-corrected chi connectivity index (χ0v) is 12.6. The van der Waals surface area contributed by atoms with Gasteiger partial charge in [-0.2, -0.15) is 9.77 Å². The van der Waals surface area contributed by atoms with Crippen molar-refractivity contribution in [2.45, 2.75) is 13.8 Å². The molecule has 2 N–H and O–H groups in total. The van der Waals surface area contributed by atoms with Crippen LogP contribution in [0, 0.1) is 6.92 Å². The van der Waals surface area contributed by atoms with Crippen LogP contribution in [-0.2, 0) is 0 Å². The molecule has 3 aromatic rings. The van der Waals surface area contributed by atoms with Crippen molar-refractivity contribution >= 4 is 27.9 Å². The molecule has 2 heterocycles. The Balaban J connectivity index is 2.25. The van der Waals surface area contributed by atoms with Crippen LogP contribution in [0.1, 0.15) is 22.3 Å². The molecule has 0 aliphatic rings. The lowest BCUT2D eigenvalue weighted by Crippen LogP contribution is -2.12. The highest BCUT2D eigenvalue weighted by Crippen LogP contribution is 2.35. The summed E-state index contributed by atoms with van der Waals surface area (Å²) in [4.78, 5) is 12.1. The Hall–Kier alpha value is -2.74. The zero-order valence-electron chi connectivity index (χ0n) is 11.8. The molecule has 0 aliphatic carbocycles. The van der Waals surface area contributed by atoms with E-state index in [0.29, 0.717) is 21.3 Å². The monoisotopic (exact) mass is 316 g/mol. The highest BCUT2D eigenvalue weighted by Gasteiger charge is 2.15. The van der Waals surface area contributed by atoms with E-state index in [1.165, 1.54) is 6.92 Å². The fourth-order valence-corrected chi connectivity index (χ4v) is 2.82. The van der Waals surface area contributed by atoms with Crippen molar-refractivity contribution in [3.63, 3.8) is 0 Å². The van der Waals surface area contributed by atoms with E-state index in [2.05, 4.69) is 15.3 Å². The topological polar surface area (TPSA) is 101 Å². The predicted octanol–water partition coefficient (Wildman–Crippen LogP) is 1.78. The Labute approximate surface area is 128 Å². The van der Waals surface area contributed by atoms with E-state index >= 15 is 0 Å². The molecule has 0 amide bonds. The van der Waals surface area contributed by atoms with Crippen LogP contribution in [0.4, 0.5) is 0 Å². The predicted molar refractivity (Wildman–Crippen MR) is 80.9 cm³/mol. The highest BCUT2D eigenvalue weighted by atomic mass is 32.1. The van der Waals surface area contributed by atoms with Gasteiger partial charge in [0.2, 0.25) is 16.6 Å². The number of ketones is 1. The van der Waals surface area contributed by atoms with Gasteiger partial charge in [0.1, 0.15) is 0 Å². The molecular formula is C14H12N4O3S. The Bertz CT molecular complexity index is 919. The number of carbonyl (C=O) groups excluding carboxylic acids is 1. The number of carbonyl (C=O) groups is 1. The fraction of sp³-hybridized carbons (Fsp3) is 0.143. The number of nitrogens with zero attached hydrogens (tertiary/aromatic N) is 4. The van der Waals surface area contributed by atoms with Crippen molar-refractivity contribution in [2.24, 2.45) is 5.10 Å². The number of aryl methyl sites for hydroxylation is 1. The summed E-state index contributed by atoms with van der Waals surface area (Å²) < 4.78 is 0.977. The quantitative estimate of drug-likeness (QED) is 0.702. The summed E-state index contributed by atoms with van der Waals surface area (Å²) in [5.41, 5.74) is 0.516. The molecule has 7 nitrogen and oxygen atoms in total. The summed E-state index contributed by atoms with van der Waals surface area (Å²) in [6.45, 7) is 3.12. The van der Waals surface area contributed by atoms with Gasteiger partial charge in [0, 0.05) is 17.7 Å². The van der Waals surface area contributed by atoms with Gasteiger partial charge in [-0.15, -0.1) is 10.2 Å². The molecular weight excluding hydrogens is 304 g/mol. The Morgan fingerprint density at radius 2 is 1.77 bits per heavy atom. The lowest BCUT2D eigenvalue weighted by atomic mass is 10.2. The molecule has 0 aliphatic heterocycles. The third-order valence-corrected chi connectivity index (χ3v) is 4.26. The van der Waals surface area contributed by atoms with Crippen molar-refractivity contribution in [1.29, 1.82) is 0 Å². The number of aromatic hydroxyl groups is 2. The summed E-state index contributed by atoms with van der Waals surface area (Å²) in [6, 6.07) is 6.82. The lowest BCUT2D eigenvalue weighted by molar-refractivity contribution is 0.102. The van der Waals surface area contributed by atoms with E-state index in [4.69, 9.17) is 0 Å². The van der Waals surface area contributed by atoms with Crippen LogP contribution in [0.5, 0.6) is 11.8 Å². The van der Waals surface area contributed by atoms with Crippen molar-refractivity contribution in [2.75, 3.05) is 0 Å². The number of benzene rings is 1. The van der Waals surface area contributed by atoms with Crippen molar-refractivity contribution in [3.8, 4) is 11.8 Å². The second kappa shape index (κ2) is 5.23. The minimum atomic E-state index is -0.202. The number of rotatable bonds is 2. The van der Waals surface area contributed by atoms with Crippen molar-refractivity contribution < 1.29 is 15.0 Å². The second-order valence-electron chi connectivity index (χ2n) is 4.66. The van der Waals surface area contributed by atoms with E-state index in [0.717, 1.165) is 16.0 Å². The summed E-state index contributed by atoms with van der Waals surface area (Å²) in [5.74, 6) is -0.543. The molecule has 22 heavy (non-hydrogen) atoms. The average Bonchev–Trinajstić information content (AvgIpc) is 2.74. The van der Waals surface area contributed by atoms with Gasteiger partial charge in [-0.05, 0) is 19.1 Å². The van der Waals surface area contributed by atoms with E-state index in [1.54, 1.807) is 31.2 Å². The first-order valence-corrected chi connectivity index (χ1v) is 7.22. The highest BCUT2D eigenvalue weighted by molar-refractivity contribution is 7.11. The van der Waals surface area contributed by atoms with Crippen LogP contribution in [0.25, 0.3) is 10.8 Å². The van der Waals surface area contributed by atoms with Gasteiger partial charge in [0.25, 0.3) is 0 Å². The molecule has 3 rings (SSSR count). The van der Waals surface area contributed by atoms with Crippen molar-refractivity contribution in [3.05, 3.63) is 39.6 Å². The van der Waals surface area contributed by atoms with Crippen LogP contribution >= 0.6 is 11.3 Å². The maximum absolute atomic E-state index is 11.5. The summed E-state index contributed by atoms with van der Waals surface area (Å²) in [7, 11) is 0. The van der Waals surface area contributed by atoms with E-state index < -0.39 is 0 Å². The number of Topliss-reactive ketones (excluding diaryl/α,β-unsaturated/α-hetero) is 1. The normalized spacial score (nSPS) is 12.0. The fourth-order valence-electron chi connectivity index (χ4n) is 2.10. The molecule has 8 heteroatoms. The molecule has 112 valence electrons. The van der Waals surface area contributed by atoms with Crippen LogP contribution < -0.4 is 4.80 Å². The minimum absolute atomic E-state index is 0.139. The van der Waals surface area contributed by atoms with E-state index in [-0.39, 0.29) is 22.3 Å². The number of hydrogen-bond donors (Lipinski definition) is 2.